The Balaban J connectivity index is 2.35. The molecular weight excluding hydrogens is 208 g/mol. The minimum absolute atomic E-state index is 0.0495. The third kappa shape index (κ3) is 2.95. The van der Waals surface area contributed by atoms with Crippen molar-refractivity contribution in [1.82, 2.24) is 0 Å². The second kappa shape index (κ2) is 3.86. The van der Waals surface area contributed by atoms with Crippen LogP contribution in [0.1, 0.15) is 19.3 Å². The maximum absolute atomic E-state index is 11.2. The van der Waals surface area contributed by atoms with Gasteiger partial charge in [-0.25, -0.2) is 0 Å². The van der Waals surface area contributed by atoms with Gasteiger partial charge in [0.15, 0.2) is 0 Å². The summed E-state index contributed by atoms with van der Waals surface area (Å²) < 4.78 is 30.5. The van der Waals surface area contributed by atoms with Crippen LogP contribution < -0.4 is 0 Å². The first-order valence-electron chi connectivity index (χ1n) is 4.32. The van der Waals surface area contributed by atoms with E-state index in [9.17, 15) is 13.2 Å². The van der Waals surface area contributed by atoms with Crippen LogP contribution in [0.2, 0.25) is 0 Å². The summed E-state index contributed by atoms with van der Waals surface area (Å²) in [7, 11) is -2.07. The van der Waals surface area contributed by atoms with Crippen LogP contribution in [0.5, 0.6) is 0 Å². The molecule has 82 valence electrons. The van der Waals surface area contributed by atoms with E-state index in [-0.39, 0.29) is 12.6 Å². The van der Waals surface area contributed by atoms with Crippen molar-refractivity contribution in [3.05, 3.63) is 0 Å². The molecule has 1 saturated carbocycles. The van der Waals surface area contributed by atoms with Gasteiger partial charge >= 0.3 is 5.97 Å². The lowest BCUT2D eigenvalue weighted by Gasteiger charge is -2.11. The highest BCUT2D eigenvalue weighted by Crippen LogP contribution is 2.49. The summed E-state index contributed by atoms with van der Waals surface area (Å²) in [4.78, 5) is 11.2. The minimum atomic E-state index is -3.40. The highest BCUT2D eigenvalue weighted by Gasteiger charge is 2.50. The normalized spacial score (nSPS) is 19.0. The fraction of sp³-hybridized carbons (Fsp3) is 0.875. The molecule has 0 amide bonds. The smallest absolute Gasteiger partial charge is 0.311 e. The molecule has 14 heavy (non-hydrogen) atoms. The summed E-state index contributed by atoms with van der Waals surface area (Å²) in [5, 5.41) is 0. The molecule has 0 aliphatic heterocycles. The Morgan fingerprint density at radius 2 is 2.00 bits per heavy atom. The summed E-state index contributed by atoms with van der Waals surface area (Å²) in [6, 6.07) is 0. The van der Waals surface area contributed by atoms with Crippen molar-refractivity contribution in [3.63, 3.8) is 0 Å². The zero-order valence-corrected chi connectivity index (χ0v) is 9.09. The van der Waals surface area contributed by atoms with Crippen molar-refractivity contribution in [3.8, 4) is 0 Å². The van der Waals surface area contributed by atoms with E-state index in [1.807, 2.05) is 0 Å². The number of ether oxygens (including phenoxy) is 1. The number of carbonyl (C=O) groups excluding carboxylic acids is 1. The minimum Gasteiger partial charge on any atom is -0.469 e. The molecule has 0 saturated heterocycles. The van der Waals surface area contributed by atoms with Gasteiger partial charge in [0.2, 0.25) is 0 Å². The molecule has 0 bridgehead atoms. The summed E-state index contributed by atoms with van der Waals surface area (Å²) in [5.41, 5.74) is -0.473. The summed E-state index contributed by atoms with van der Waals surface area (Å²) in [5.74, 6) is -0.269. The van der Waals surface area contributed by atoms with Gasteiger partial charge in [0, 0.05) is 0 Å². The molecule has 0 unspecified atom stereocenters. The van der Waals surface area contributed by atoms with Gasteiger partial charge in [-0.05, 0) is 19.3 Å². The van der Waals surface area contributed by atoms with Crippen LogP contribution >= 0.6 is 0 Å². The lowest BCUT2D eigenvalue weighted by Crippen LogP contribution is -2.20. The maximum atomic E-state index is 11.2. The highest BCUT2D eigenvalue weighted by molar-refractivity contribution is 7.85. The Morgan fingerprint density at radius 1 is 1.43 bits per heavy atom. The molecule has 0 atom stereocenters. The summed E-state index contributed by atoms with van der Waals surface area (Å²) >= 11 is 0. The Kier molecular flexibility index (Phi) is 3.16. The third-order valence-corrected chi connectivity index (χ3v) is 2.94. The fourth-order valence-corrected chi connectivity index (χ4v) is 1.70. The van der Waals surface area contributed by atoms with Gasteiger partial charge in [-0.3, -0.25) is 8.98 Å². The molecular formula is C8H14O5S. The lowest BCUT2D eigenvalue weighted by atomic mass is 10.0. The lowest BCUT2D eigenvalue weighted by molar-refractivity contribution is -0.147. The molecule has 1 aliphatic rings. The molecule has 0 aromatic carbocycles. The fourth-order valence-electron chi connectivity index (χ4n) is 1.31. The molecule has 5 nitrogen and oxygen atoms in total. The van der Waals surface area contributed by atoms with Gasteiger partial charge in [-0.1, -0.05) is 0 Å². The van der Waals surface area contributed by atoms with Crippen molar-refractivity contribution in [1.29, 1.82) is 0 Å². The maximum Gasteiger partial charge on any atom is 0.311 e. The van der Waals surface area contributed by atoms with E-state index in [0.717, 1.165) is 19.1 Å². The van der Waals surface area contributed by atoms with E-state index >= 15 is 0 Å². The number of rotatable bonds is 5. The first-order valence-corrected chi connectivity index (χ1v) is 6.14. The number of methoxy groups -OCH3 is 1. The number of hydrogen-bond acceptors (Lipinski definition) is 5. The van der Waals surface area contributed by atoms with E-state index < -0.39 is 15.5 Å². The second-order valence-electron chi connectivity index (χ2n) is 3.55. The van der Waals surface area contributed by atoms with Gasteiger partial charge in [0.05, 0.1) is 25.4 Å². The van der Waals surface area contributed by atoms with Crippen LogP contribution in [0.3, 0.4) is 0 Å². The quantitative estimate of drug-likeness (QED) is 0.494. The SMILES string of the molecule is COC(=O)C1(CCOS(C)(=O)=O)CC1. The van der Waals surface area contributed by atoms with Crippen molar-refractivity contribution in [2.75, 3.05) is 20.0 Å². The summed E-state index contributed by atoms with van der Waals surface area (Å²) in [6.45, 7) is 0.0495. The zero-order valence-electron chi connectivity index (χ0n) is 8.28. The van der Waals surface area contributed by atoms with E-state index in [2.05, 4.69) is 8.92 Å². The number of esters is 1. The van der Waals surface area contributed by atoms with E-state index in [0.29, 0.717) is 6.42 Å². The van der Waals surface area contributed by atoms with Crippen LogP contribution in [0.4, 0.5) is 0 Å². The van der Waals surface area contributed by atoms with E-state index in [4.69, 9.17) is 0 Å². The van der Waals surface area contributed by atoms with Crippen LogP contribution in [0, 0.1) is 5.41 Å². The summed E-state index contributed by atoms with van der Waals surface area (Å²) in [6.07, 6.45) is 2.91. The van der Waals surface area contributed by atoms with Gasteiger partial charge in [0.1, 0.15) is 0 Å². The third-order valence-electron chi connectivity index (χ3n) is 2.35. The predicted octanol–water partition coefficient (Wildman–Crippen LogP) is 0.306. The second-order valence-corrected chi connectivity index (χ2v) is 5.19. The molecule has 0 aromatic heterocycles. The van der Waals surface area contributed by atoms with Gasteiger partial charge in [-0.2, -0.15) is 8.42 Å². The Morgan fingerprint density at radius 3 is 2.36 bits per heavy atom. The average Bonchev–Trinajstić information content (AvgIpc) is 2.82. The Hall–Kier alpha value is -0.620. The highest BCUT2D eigenvalue weighted by atomic mass is 32.2. The molecule has 0 aromatic rings. The van der Waals surface area contributed by atoms with Crippen LogP contribution in [0.25, 0.3) is 0 Å². The first kappa shape index (κ1) is 11.5. The monoisotopic (exact) mass is 222 g/mol. The predicted molar refractivity (Wildman–Crippen MR) is 49.1 cm³/mol. The first-order chi connectivity index (χ1) is 6.40. The van der Waals surface area contributed by atoms with Crippen LogP contribution in [0.15, 0.2) is 0 Å². The number of hydrogen-bond donors (Lipinski definition) is 0. The molecule has 1 fully saturated rings. The van der Waals surface area contributed by atoms with Crippen molar-refractivity contribution in [2.24, 2.45) is 5.41 Å². The molecule has 1 aliphatic carbocycles. The molecule has 1 rings (SSSR count). The molecule has 0 heterocycles. The Labute approximate surface area is 83.5 Å². The van der Waals surface area contributed by atoms with Crippen molar-refractivity contribution < 1.29 is 22.1 Å². The topological polar surface area (TPSA) is 69.7 Å². The van der Waals surface area contributed by atoms with Crippen LogP contribution in [-0.2, 0) is 23.8 Å². The molecule has 0 radical (unpaired) electrons. The molecule has 6 heteroatoms. The number of carbonyl (C=O) groups is 1. The Bertz CT molecular complexity index is 315. The van der Waals surface area contributed by atoms with E-state index in [1.165, 1.54) is 7.11 Å². The van der Waals surface area contributed by atoms with Gasteiger partial charge in [-0.15, -0.1) is 0 Å². The van der Waals surface area contributed by atoms with E-state index in [1.54, 1.807) is 0 Å². The molecule has 0 N–H and O–H groups in total. The standard InChI is InChI=1S/C8H14O5S/c1-12-7(9)8(3-4-8)5-6-13-14(2,10)11/h3-6H2,1-2H3. The van der Waals surface area contributed by atoms with Crippen molar-refractivity contribution >= 4 is 16.1 Å². The molecule has 0 spiro atoms. The van der Waals surface area contributed by atoms with Crippen molar-refractivity contribution in [2.45, 2.75) is 19.3 Å². The van der Waals surface area contributed by atoms with Gasteiger partial charge < -0.3 is 4.74 Å². The average molecular weight is 222 g/mol. The van der Waals surface area contributed by atoms with Crippen LogP contribution in [-0.4, -0.2) is 34.4 Å². The zero-order chi connectivity index (χ0) is 10.8. The van der Waals surface area contributed by atoms with Gasteiger partial charge in [0.25, 0.3) is 10.1 Å². The largest absolute Gasteiger partial charge is 0.469 e.